The molecule has 10 heteroatoms. The van der Waals surface area contributed by atoms with Crippen molar-refractivity contribution in [3.8, 4) is 5.75 Å². The molecule has 1 heterocycles. The Morgan fingerprint density at radius 1 is 0.917 bits per heavy atom. The molecular weight excluding hydrogens is 505 g/mol. The molecule has 7 nitrogen and oxygen atoms in total. The highest BCUT2D eigenvalue weighted by molar-refractivity contribution is 7.92. The molecule has 1 aliphatic rings. The van der Waals surface area contributed by atoms with E-state index in [0.29, 0.717) is 24.5 Å². The van der Waals surface area contributed by atoms with Crippen molar-refractivity contribution in [2.24, 2.45) is 0 Å². The topological polar surface area (TPSA) is 70.2 Å². The Balaban J connectivity index is 0.00000361. The molecule has 0 atom stereocenters. The van der Waals surface area contributed by atoms with Gasteiger partial charge >= 0.3 is 0 Å². The van der Waals surface area contributed by atoms with Crippen LogP contribution in [-0.2, 0) is 21.4 Å². The summed E-state index contributed by atoms with van der Waals surface area (Å²) in [5.74, 6) is -0.112. The molecule has 0 spiro atoms. The summed E-state index contributed by atoms with van der Waals surface area (Å²) in [4.78, 5) is 16.7. The quantitative estimate of drug-likeness (QED) is 0.440. The zero-order valence-electron chi connectivity index (χ0n) is 19.9. The predicted octanol–water partition coefficient (Wildman–Crippen LogP) is 3.80. The summed E-state index contributed by atoms with van der Waals surface area (Å²) < 4.78 is 45.4. The molecule has 0 unspecified atom stereocenters. The minimum absolute atomic E-state index is 0. The van der Waals surface area contributed by atoms with E-state index in [-0.39, 0.29) is 29.8 Å². The Labute approximate surface area is 217 Å². The Morgan fingerprint density at radius 3 is 2.14 bits per heavy atom. The van der Waals surface area contributed by atoms with Crippen LogP contribution in [0.4, 0.5) is 10.1 Å². The van der Waals surface area contributed by atoms with Gasteiger partial charge in [0.25, 0.3) is 15.9 Å². The smallest absolute Gasteiger partial charge is 0.264 e. The zero-order valence-corrected chi connectivity index (χ0v) is 21.6. The molecule has 1 amide bonds. The van der Waals surface area contributed by atoms with Crippen LogP contribution in [0, 0.1) is 5.82 Å². The van der Waals surface area contributed by atoms with Crippen LogP contribution in [0.2, 0.25) is 0 Å². The van der Waals surface area contributed by atoms with Crippen LogP contribution >= 0.6 is 12.4 Å². The lowest BCUT2D eigenvalue weighted by atomic mass is 10.2. The van der Waals surface area contributed by atoms with Crippen molar-refractivity contribution < 1.29 is 22.3 Å². The van der Waals surface area contributed by atoms with Gasteiger partial charge in [0.15, 0.2) is 6.61 Å². The summed E-state index contributed by atoms with van der Waals surface area (Å²) in [6.45, 7) is 3.72. The van der Waals surface area contributed by atoms with E-state index in [1.54, 1.807) is 29.2 Å². The Kier molecular flexibility index (Phi) is 9.31. The highest BCUT2D eigenvalue weighted by Crippen LogP contribution is 2.24. The lowest BCUT2D eigenvalue weighted by molar-refractivity contribution is -0.135. The third kappa shape index (κ3) is 6.75. The molecule has 0 aliphatic carbocycles. The molecule has 1 aliphatic heterocycles. The number of piperazine rings is 1. The van der Waals surface area contributed by atoms with Gasteiger partial charge in [-0.05, 0) is 54.1 Å². The van der Waals surface area contributed by atoms with E-state index < -0.39 is 15.8 Å². The highest BCUT2D eigenvalue weighted by Gasteiger charge is 2.23. The fraction of sp³-hybridized carbons (Fsp3) is 0.269. The normalized spacial score (nSPS) is 14.1. The van der Waals surface area contributed by atoms with Crippen LogP contribution in [0.5, 0.6) is 5.75 Å². The molecule has 0 saturated carbocycles. The third-order valence-corrected chi connectivity index (χ3v) is 7.81. The van der Waals surface area contributed by atoms with Gasteiger partial charge in [0.2, 0.25) is 0 Å². The number of hydrogen-bond donors (Lipinski definition) is 0. The van der Waals surface area contributed by atoms with Gasteiger partial charge in [-0.25, -0.2) is 12.8 Å². The predicted molar refractivity (Wildman–Crippen MR) is 139 cm³/mol. The molecule has 0 radical (unpaired) electrons. The number of sulfonamides is 1. The third-order valence-electron chi connectivity index (χ3n) is 6.01. The van der Waals surface area contributed by atoms with Crippen molar-refractivity contribution in [3.05, 3.63) is 90.2 Å². The molecule has 1 fully saturated rings. The second-order valence-electron chi connectivity index (χ2n) is 8.35. The van der Waals surface area contributed by atoms with Crippen LogP contribution in [0.15, 0.2) is 83.8 Å². The monoisotopic (exact) mass is 533 g/mol. The summed E-state index contributed by atoms with van der Waals surface area (Å²) in [5, 5.41) is 0. The maximum absolute atomic E-state index is 13.1. The van der Waals surface area contributed by atoms with Crippen LogP contribution in [0.3, 0.4) is 0 Å². The van der Waals surface area contributed by atoms with Crippen molar-refractivity contribution in [2.75, 3.05) is 44.1 Å². The number of carbonyl (C=O) groups is 1. The first-order chi connectivity index (χ1) is 16.8. The summed E-state index contributed by atoms with van der Waals surface area (Å²) in [7, 11) is -2.40. The fourth-order valence-corrected chi connectivity index (χ4v) is 5.08. The van der Waals surface area contributed by atoms with Gasteiger partial charge < -0.3 is 9.64 Å². The van der Waals surface area contributed by atoms with Crippen LogP contribution < -0.4 is 9.04 Å². The highest BCUT2D eigenvalue weighted by atomic mass is 35.5. The molecule has 3 aromatic carbocycles. The van der Waals surface area contributed by atoms with Gasteiger partial charge in [-0.3, -0.25) is 14.0 Å². The molecule has 1 saturated heterocycles. The zero-order chi connectivity index (χ0) is 24.8. The van der Waals surface area contributed by atoms with E-state index in [1.165, 1.54) is 24.7 Å². The molecule has 0 aromatic heterocycles. The molecule has 0 N–H and O–H groups in total. The number of amides is 1. The van der Waals surface area contributed by atoms with E-state index in [0.717, 1.165) is 36.1 Å². The largest absolute Gasteiger partial charge is 0.484 e. The first-order valence-corrected chi connectivity index (χ1v) is 12.8. The standard InChI is InChI=1S/C26H28FN3O4S.ClH/c1-28(35(32,33)25-13-7-22(27)8-14-25)23-9-11-24(12-10-23)34-20-26(31)30-17-15-29(16-18-30)19-21-5-3-2-4-6-21;/h2-14H,15-20H2,1H3;1H. The van der Waals surface area contributed by atoms with E-state index in [9.17, 15) is 17.6 Å². The van der Waals surface area contributed by atoms with E-state index in [4.69, 9.17) is 4.74 Å². The van der Waals surface area contributed by atoms with Gasteiger partial charge in [0.05, 0.1) is 10.6 Å². The average Bonchev–Trinajstić information content (AvgIpc) is 2.88. The number of rotatable bonds is 8. The number of carbonyl (C=O) groups excluding carboxylic acids is 1. The van der Waals surface area contributed by atoms with Crippen molar-refractivity contribution in [3.63, 3.8) is 0 Å². The minimum atomic E-state index is -3.83. The Bertz CT molecular complexity index is 1230. The molecule has 192 valence electrons. The van der Waals surface area contributed by atoms with Crippen LogP contribution in [0.25, 0.3) is 0 Å². The summed E-state index contributed by atoms with van der Waals surface area (Å²) in [5.41, 5.74) is 1.68. The van der Waals surface area contributed by atoms with E-state index in [1.807, 2.05) is 18.2 Å². The Morgan fingerprint density at radius 2 is 1.53 bits per heavy atom. The van der Waals surface area contributed by atoms with Crippen LogP contribution in [0.1, 0.15) is 5.56 Å². The summed E-state index contributed by atoms with van der Waals surface area (Å²) in [6, 6.07) is 21.4. The number of anilines is 1. The maximum atomic E-state index is 13.1. The van der Waals surface area contributed by atoms with Crippen molar-refractivity contribution >= 4 is 34.0 Å². The number of benzene rings is 3. The molecular formula is C26H29ClFN3O4S. The summed E-state index contributed by atoms with van der Waals surface area (Å²) in [6.07, 6.45) is 0. The lowest BCUT2D eigenvalue weighted by Gasteiger charge is -2.34. The molecule has 3 aromatic rings. The number of nitrogens with zero attached hydrogens (tertiary/aromatic N) is 3. The first kappa shape index (κ1) is 27.4. The molecule has 0 bridgehead atoms. The van der Waals surface area contributed by atoms with Gasteiger partial charge in [-0.1, -0.05) is 30.3 Å². The van der Waals surface area contributed by atoms with E-state index in [2.05, 4.69) is 17.0 Å². The number of ether oxygens (including phenoxy) is 1. The molecule has 4 rings (SSSR count). The SMILES string of the molecule is CN(c1ccc(OCC(=O)N2CCN(Cc3ccccc3)CC2)cc1)S(=O)(=O)c1ccc(F)cc1.Cl. The minimum Gasteiger partial charge on any atom is -0.484 e. The second kappa shape index (κ2) is 12.2. The first-order valence-electron chi connectivity index (χ1n) is 11.3. The second-order valence-corrected chi connectivity index (χ2v) is 10.3. The Hall–Kier alpha value is -3.14. The van der Waals surface area contributed by atoms with Gasteiger partial charge in [-0.2, -0.15) is 0 Å². The number of hydrogen-bond acceptors (Lipinski definition) is 5. The van der Waals surface area contributed by atoms with E-state index >= 15 is 0 Å². The van der Waals surface area contributed by atoms with Gasteiger partial charge in [0, 0.05) is 39.8 Å². The van der Waals surface area contributed by atoms with Crippen molar-refractivity contribution in [1.82, 2.24) is 9.80 Å². The van der Waals surface area contributed by atoms with Crippen molar-refractivity contribution in [1.29, 1.82) is 0 Å². The lowest BCUT2D eigenvalue weighted by Crippen LogP contribution is -2.49. The maximum Gasteiger partial charge on any atom is 0.264 e. The van der Waals surface area contributed by atoms with Gasteiger partial charge in [-0.15, -0.1) is 12.4 Å². The molecule has 36 heavy (non-hydrogen) atoms. The van der Waals surface area contributed by atoms with Crippen LogP contribution in [-0.4, -0.2) is 64.0 Å². The average molecular weight is 534 g/mol. The van der Waals surface area contributed by atoms with Crippen molar-refractivity contribution in [2.45, 2.75) is 11.4 Å². The summed E-state index contributed by atoms with van der Waals surface area (Å²) >= 11 is 0. The van der Waals surface area contributed by atoms with Gasteiger partial charge in [0.1, 0.15) is 11.6 Å². The fourth-order valence-electron chi connectivity index (χ4n) is 3.89. The number of halogens is 2.